The number of hydrogen-bond donors (Lipinski definition) is 1. The van der Waals surface area contributed by atoms with E-state index in [1.165, 1.54) is 11.1 Å². The fourth-order valence-corrected chi connectivity index (χ4v) is 3.87. The van der Waals surface area contributed by atoms with E-state index in [-0.39, 0.29) is 24.0 Å². The maximum atomic E-state index is 5.59. The van der Waals surface area contributed by atoms with Gasteiger partial charge >= 0.3 is 0 Å². The Kier molecular flexibility index (Phi) is 9.55. The van der Waals surface area contributed by atoms with Gasteiger partial charge in [-0.3, -0.25) is 4.99 Å². The molecule has 3 rings (SSSR count). The number of guanidine groups is 1. The van der Waals surface area contributed by atoms with Crippen LogP contribution in [0.15, 0.2) is 29.3 Å². The Bertz CT molecular complexity index is 952. The molecule has 32 heavy (non-hydrogen) atoms. The van der Waals surface area contributed by atoms with Crippen LogP contribution in [0.2, 0.25) is 0 Å². The highest BCUT2D eigenvalue weighted by Gasteiger charge is 2.22. The van der Waals surface area contributed by atoms with E-state index in [1.54, 1.807) is 42.6 Å². The molecule has 0 aromatic heterocycles. The molecule has 1 aliphatic rings. The van der Waals surface area contributed by atoms with Crippen molar-refractivity contribution in [3.05, 3.63) is 41.0 Å². The van der Waals surface area contributed by atoms with Gasteiger partial charge in [0.25, 0.3) is 0 Å². The van der Waals surface area contributed by atoms with Crippen LogP contribution in [0.5, 0.6) is 28.7 Å². The molecule has 1 N–H and O–H groups in total. The molecule has 2 aromatic rings. The Labute approximate surface area is 206 Å². The van der Waals surface area contributed by atoms with Crippen molar-refractivity contribution in [2.24, 2.45) is 4.99 Å². The van der Waals surface area contributed by atoms with Crippen molar-refractivity contribution in [1.82, 2.24) is 10.2 Å². The first-order valence-corrected chi connectivity index (χ1v) is 10.1. The maximum absolute atomic E-state index is 5.59. The van der Waals surface area contributed by atoms with Gasteiger partial charge in [0.05, 0.1) is 35.5 Å². The smallest absolute Gasteiger partial charge is 0.203 e. The third kappa shape index (κ3) is 5.25. The SMILES string of the molecule is CN=C(NCc1ccc(OC)c(OC)c1OC)N1CCc2cc(OC)c(OC)cc2C1.I. The van der Waals surface area contributed by atoms with Crippen LogP contribution in [0.4, 0.5) is 0 Å². The van der Waals surface area contributed by atoms with E-state index in [9.17, 15) is 0 Å². The highest BCUT2D eigenvalue weighted by Crippen LogP contribution is 2.39. The average molecular weight is 557 g/mol. The number of nitrogens with zero attached hydrogens (tertiary/aromatic N) is 2. The summed E-state index contributed by atoms with van der Waals surface area (Å²) in [7, 11) is 9.94. The van der Waals surface area contributed by atoms with Crippen LogP contribution >= 0.6 is 24.0 Å². The molecule has 0 saturated carbocycles. The van der Waals surface area contributed by atoms with Crippen LogP contribution < -0.4 is 29.0 Å². The van der Waals surface area contributed by atoms with E-state index in [0.29, 0.717) is 23.8 Å². The predicted molar refractivity (Wildman–Crippen MR) is 135 cm³/mol. The molecule has 176 valence electrons. The predicted octanol–water partition coefficient (Wildman–Crippen LogP) is 3.48. The summed E-state index contributed by atoms with van der Waals surface area (Å²) in [6.07, 6.45) is 0.899. The maximum Gasteiger partial charge on any atom is 0.203 e. The van der Waals surface area contributed by atoms with Crippen LogP contribution in [-0.4, -0.2) is 60.0 Å². The Hall–Kier alpha value is -2.56. The summed E-state index contributed by atoms with van der Waals surface area (Å²) in [6, 6.07) is 7.95. The minimum Gasteiger partial charge on any atom is -0.493 e. The fraction of sp³-hybridized carbons (Fsp3) is 0.435. The topological polar surface area (TPSA) is 73.8 Å². The van der Waals surface area contributed by atoms with Crippen molar-refractivity contribution in [3.8, 4) is 28.7 Å². The second-order valence-electron chi connectivity index (χ2n) is 7.04. The van der Waals surface area contributed by atoms with Gasteiger partial charge in [-0.1, -0.05) is 0 Å². The van der Waals surface area contributed by atoms with Crippen LogP contribution in [-0.2, 0) is 19.5 Å². The number of nitrogens with one attached hydrogen (secondary N) is 1. The van der Waals surface area contributed by atoms with Gasteiger partial charge in [0, 0.05) is 32.2 Å². The van der Waals surface area contributed by atoms with Crippen molar-refractivity contribution in [2.75, 3.05) is 49.1 Å². The van der Waals surface area contributed by atoms with Gasteiger partial charge in [-0.15, -0.1) is 24.0 Å². The van der Waals surface area contributed by atoms with Gasteiger partial charge in [0.2, 0.25) is 5.75 Å². The zero-order valence-electron chi connectivity index (χ0n) is 19.5. The Morgan fingerprint density at radius 1 is 0.875 bits per heavy atom. The molecule has 0 aliphatic carbocycles. The van der Waals surface area contributed by atoms with Crippen LogP contribution in [0, 0.1) is 0 Å². The molecule has 1 heterocycles. The highest BCUT2D eigenvalue weighted by molar-refractivity contribution is 14.0. The molecule has 2 aromatic carbocycles. The number of halogens is 1. The summed E-state index contributed by atoms with van der Waals surface area (Å²) in [4.78, 5) is 6.71. The second kappa shape index (κ2) is 11.9. The van der Waals surface area contributed by atoms with E-state index in [2.05, 4.69) is 21.3 Å². The van der Waals surface area contributed by atoms with Crippen molar-refractivity contribution < 1.29 is 23.7 Å². The summed E-state index contributed by atoms with van der Waals surface area (Å²) in [5, 5.41) is 3.44. The van der Waals surface area contributed by atoms with E-state index in [0.717, 1.165) is 42.5 Å². The van der Waals surface area contributed by atoms with Crippen molar-refractivity contribution in [1.29, 1.82) is 0 Å². The van der Waals surface area contributed by atoms with Crippen LogP contribution in [0.25, 0.3) is 0 Å². The van der Waals surface area contributed by atoms with E-state index in [1.807, 2.05) is 18.2 Å². The highest BCUT2D eigenvalue weighted by atomic mass is 127. The van der Waals surface area contributed by atoms with Crippen molar-refractivity contribution >= 4 is 29.9 Å². The Morgan fingerprint density at radius 2 is 1.50 bits per heavy atom. The summed E-state index contributed by atoms with van der Waals surface area (Å²) >= 11 is 0. The third-order valence-electron chi connectivity index (χ3n) is 5.45. The molecule has 9 heteroatoms. The summed E-state index contributed by atoms with van der Waals surface area (Å²) in [5.41, 5.74) is 3.42. The standard InChI is InChI=1S/C23H31N3O5.HI/c1-24-23(25-13-16-7-8-18(27-2)22(31-6)21(16)30-5)26-10-9-15-11-19(28-3)20(29-4)12-17(15)14-26;/h7-8,11-12H,9-10,13-14H2,1-6H3,(H,24,25);1H. The van der Waals surface area contributed by atoms with Crippen LogP contribution in [0.1, 0.15) is 16.7 Å². The van der Waals surface area contributed by atoms with Gasteiger partial charge in [0.1, 0.15) is 0 Å². The lowest BCUT2D eigenvalue weighted by atomic mass is 9.99. The molecular formula is C23H32IN3O5. The van der Waals surface area contributed by atoms with Gasteiger partial charge in [-0.05, 0) is 41.8 Å². The number of hydrogen-bond acceptors (Lipinski definition) is 6. The normalized spacial score (nSPS) is 12.9. The molecule has 0 saturated heterocycles. The molecular weight excluding hydrogens is 525 g/mol. The monoisotopic (exact) mass is 557 g/mol. The summed E-state index contributed by atoms with van der Waals surface area (Å²) in [5.74, 6) is 4.17. The average Bonchev–Trinajstić information content (AvgIpc) is 2.82. The minimum absolute atomic E-state index is 0. The lowest BCUT2D eigenvalue weighted by Gasteiger charge is -2.32. The first-order chi connectivity index (χ1) is 15.1. The largest absolute Gasteiger partial charge is 0.493 e. The van der Waals surface area contributed by atoms with Gasteiger partial charge in [-0.2, -0.15) is 0 Å². The van der Waals surface area contributed by atoms with Gasteiger partial charge < -0.3 is 33.9 Å². The molecule has 0 unspecified atom stereocenters. The Balaban J connectivity index is 0.00000363. The zero-order valence-corrected chi connectivity index (χ0v) is 21.8. The second-order valence-corrected chi connectivity index (χ2v) is 7.04. The summed E-state index contributed by atoms with van der Waals surface area (Å²) in [6.45, 7) is 2.12. The molecule has 0 amide bonds. The number of fused-ring (bicyclic) bond motifs is 1. The molecule has 0 atom stereocenters. The molecule has 0 fully saturated rings. The van der Waals surface area contributed by atoms with Gasteiger partial charge in [-0.25, -0.2) is 0 Å². The lowest BCUT2D eigenvalue weighted by Crippen LogP contribution is -2.43. The van der Waals surface area contributed by atoms with Crippen molar-refractivity contribution in [3.63, 3.8) is 0 Å². The Morgan fingerprint density at radius 3 is 2.06 bits per heavy atom. The number of aliphatic imine (C=N–C) groups is 1. The first kappa shape index (κ1) is 25.7. The summed E-state index contributed by atoms with van der Waals surface area (Å²) < 4.78 is 27.4. The van der Waals surface area contributed by atoms with E-state index >= 15 is 0 Å². The quantitative estimate of drug-likeness (QED) is 0.318. The molecule has 0 radical (unpaired) electrons. The number of ether oxygens (including phenoxy) is 5. The van der Waals surface area contributed by atoms with Crippen LogP contribution in [0.3, 0.4) is 0 Å². The van der Waals surface area contributed by atoms with Gasteiger partial charge in [0.15, 0.2) is 29.0 Å². The number of benzene rings is 2. The molecule has 1 aliphatic heterocycles. The van der Waals surface area contributed by atoms with E-state index in [4.69, 9.17) is 23.7 Å². The number of rotatable bonds is 7. The molecule has 8 nitrogen and oxygen atoms in total. The third-order valence-corrected chi connectivity index (χ3v) is 5.45. The minimum atomic E-state index is 0. The number of methoxy groups -OCH3 is 5. The lowest BCUT2D eigenvalue weighted by molar-refractivity contribution is 0.321. The zero-order chi connectivity index (χ0) is 22.4. The molecule has 0 spiro atoms. The van der Waals surface area contributed by atoms with Crippen molar-refractivity contribution in [2.45, 2.75) is 19.5 Å². The van der Waals surface area contributed by atoms with E-state index < -0.39 is 0 Å². The first-order valence-electron chi connectivity index (χ1n) is 10.1. The molecule has 0 bridgehead atoms. The fourth-order valence-electron chi connectivity index (χ4n) is 3.87.